The van der Waals surface area contributed by atoms with Crippen molar-refractivity contribution in [2.45, 2.75) is 39.8 Å². The van der Waals surface area contributed by atoms with Gasteiger partial charge in [-0.2, -0.15) is 4.98 Å². The minimum Gasteiger partial charge on any atom is -0.447 e. The lowest BCUT2D eigenvalue weighted by molar-refractivity contribution is 0.177. The van der Waals surface area contributed by atoms with Gasteiger partial charge in [0.2, 0.25) is 5.95 Å². The highest BCUT2D eigenvalue weighted by atomic mass is 19.1. The summed E-state index contributed by atoms with van der Waals surface area (Å²) in [5.74, 6) is 1.36. The quantitative estimate of drug-likeness (QED) is 0.606. The normalized spacial score (nSPS) is 16.9. The van der Waals surface area contributed by atoms with Crippen LogP contribution in [-0.4, -0.2) is 38.7 Å². The highest BCUT2D eigenvalue weighted by Crippen LogP contribution is 2.27. The van der Waals surface area contributed by atoms with Crippen molar-refractivity contribution in [3.63, 3.8) is 0 Å². The molecule has 1 aromatic carbocycles. The summed E-state index contributed by atoms with van der Waals surface area (Å²) in [5, 5.41) is 3.18. The Balaban J connectivity index is 1.50. The first-order chi connectivity index (χ1) is 15.3. The van der Waals surface area contributed by atoms with Gasteiger partial charge in [0.1, 0.15) is 24.1 Å². The van der Waals surface area contributed by atoms with Crippen LogP contribution < -0.4 is 10.2 Å². The molecule has 3 heterocycles. The molecule has 9 heteroatoms. The van der Waals surface area contributed by atoms with E-state index in [1.165, 1.54) is 12.1 Å². The molecule has 0 spiro atoms. The molecule has 1 amide bonds. The van der Waals surface area contributed by atoms with Gasteiger partial charge >= 0.3 is 6.09 Å². The Morgan fingerprint density at radius 1 is 1.16 bits per heavy atom. The zero-order chi connectivity index (χ0) is 22.8. The van der Waals surface area contributed by atoms with Crippen molar-refractivity contribution >= 4 is 17.9 Å². The van der Waals surface area contributed by atoms with Gasteiger partial charge in [-0.3, -0.25) is 4.90 Å². The van der Waals surface area contributed by atoms with Crippen molar-refractivity contribution in [1.29, 1.82) is 0 Å². The SMILES string of the molecule is Cc1cc(F)ccc1-c1cnc([C@@H](C)Nc2nccc(N3C(=O)OC[C@@H]3C(C)C)n2)nc1. The average Bonchev–Trinajstić information content (AvgIpc) is 3.16. The second kappa shape index (κ2) is 8.86. The number of ether oxygens (including phenoxy) is 1. The van der Waals surface area contributed by atoms with E-state index in [1.807, 2.05) is 27.7 Å². The number of nitrogens with zero attached hydrogens (tertiary/aromatic N) is 5. The van der Waals surface area contributed by atoms with Crippen LogP contribution in [0.15, 0.2) is 42.9 Å². The molecule has 0 bridgehead atoms. The number of halogens is 1. The monoisotopic (exact) mass is 436 g/mol. The van der Waals surface area contributed by atoms with Crippen LogP contribution in [0.3, 0.4) is 0 Å². The van der Waals surface area contributed by atoms with Gasteiger partial charge in [0.15, 0.2) is 0 Å². The summed E-state index contributed by atoms with van der Waals surface area (Å²) in [6.45, 7) is 8.16. The van der Waals surface area contributed by atoms with Gasteiger partial charge in [0.25, 0.3) is 0 Å². The second-order valence-corrected chi connectivity index (χ2v) is 8.15. The van der Waals surface area contributed by atoms with Crippen molar-refractivity contribution in [3.05, 3.63) is 60.1 Å². The minimum absolute atomic E-state index is 0.0755. The van der Waals surface area contributed by atoms with Crippen molar-refractivity contribution in [2.24, 2.45) is 5.92 Å². The Morgan fingerprint density at radius 2 is 1.91 bits per heavy atom. The minimum atomic E-state index is -0.406. The van der Waals surface area contributed by atoms with Crippen molar-refractivity contribution < 1.29 is 13.9 Å². The Kier molecular flexibility index (Phi) is 5.98. The van der Waals surface area contributed by atoms with Crippen LogP contribution in [0.5, 0.6) is 0 Å². The van der Waals surface area contributed by atoms with Crippen LogP contribution in [0.25, 0.3) is 11.1 Å². The molecule has 166 valence electrons. The summed E-state index contributed by atoms with van der Waals surface area (Å²) >= 11 is 0. The van der Waals surface area contributed by atoms with Gasteiger partial charge in [0, 0.05) is 24.2 Å². The number of aryl methyl sites for hydroxylation is 1. The smallest absolute Gasteiger partial charge is 0.415 e. The molecule has 4 rings (SSSR count). The number of carbonyl (C=O) groups excluding carboxylic acids is 1. The molecule has 1 aliphatic heterocycles. The second-order valence-electron chi connectivity index (χ2n) is 8.15. The van der Waals surface area contributed by atoms with Crippen LogP contribution in [0.1, 0.15) is 38.2 Å². The number of aromatic nitrogens is 4. The van der Waals surface area contributed by atoms with E-state index in [0.717, 1.165) is 16.7 Å². The van der Waals surface area contributed by atoms with Gasteiger partial charge < -0.3 is 10.1 Å². The summed E-state index contributed by atoms with van der Waals surface area (Å²) < 4.78 is 18.6. The molecular weight excluding hydrogens is 411 g/mol. The van der Waals surface area contributed by atoms with Crippen molar-refractivity contribution in [2.75, 3.05) is 16.8 Å². The number of hydrogen-bond acceptors (Lipinski definition) is 7. The first kappa shape index (κ1) is 21.6. The van der Waals surface area contributed by atoms with Gasteiger partial charge in [-0.15, -0.1) is 0 Å². The number of nitrogens with one attached hydrogen (secondary N) is 1. The number of hydrogen-bond donors (Lipinski definition) is 1. The molecule has 2 atom stereocenters. The first-order valence-corrected chi connectivity index (χ1v) is 10.5. The molecule has 1 saturated heterocycles. The van der Waals surface area contributed by atoms with Crippen LogP contribution >= 0.6 is 0 Å². The van der Waals surface area contributed by atoms with Crippen LogP contribution in [0.2, 0.25) is 0 Å². The molecule has 3 aromatic rings. The van der Waals surface area contributed by atoms with E-state index in [1.54, 1.807) is 35.6 Å². The summed E-state index contributed by atoms with van der Waals surface area (Å²) in [5.41, 5.74) is 2.51. The van der Waals surface area contributed by atoms with Gasteiger partial charge in [0.05, 0.1) is 12.1 Å². The Bertz CT molecular complexity index is 1120. The molecule has 0 radical (unpaired) electrons. The van der Waals surface area contributed by atoms with Gasteiger partial charge in [-0.25, -0.2) is 24.1 Å². The Labute approximate surface area is 185 Å². The highest BCUT2D eigenvalue weighted by Gasteiger charge is 2.37. The molecule has 1 N–H and O–H groups in total. The molecule has 1 aliphatic rings. The Morgan fingerprint density at radius 3 is 2.59 bits per heavy atom. The standard InChI is InChI=1S/C23H25FN6O2/c1-13(2)19-12-32-23(31)30(19)20-7-8-25-22(29-20)28-15(4)21-26-10-16(11-27-21)18-6-5-17(24)9-14(18)3/h5-11,13,15,19H,12H2,1-4H3,(H,25,28,29)/t15-,19-/m1/s1. The summed E-state index contributed by atoms with van der Waals surface area (Å²) in [4.78, 5) is 31.5. The third kappa shape index (κ3) is 4.37. The van der Waals surface area contributed by atoms with E-state index < -0.39 is 6.09 Å². The van der Waals surface area contributed by atoms with Crippen LogP contribution in [0, 0.1) is 18.7 Å². The van der Waals surface area contributed by atoms with E-state index in [2.05, 4.69) is 25.3 Å². The number of carbonyl (C=O) groups is 1. The predicted molar refractivity (Wildman–Crippen MR) is 119 cm³/mol. The topological polar surface area (TPSA) is 93.1 Å². The Hall–Kier alpha value is -3.62. The van der Waals surface area contributed by atoms with Crippen LogP contribution in [0.4, 0.5) is 21.0 Å². The van der Waals surface area contributed by atoms with E-state index in [4.69, 9.17) is 4.74 Å². The number of cyclic esters (lactones) is 1. The molecular formula is C23H25FN6O2. The number of rotatable bonds is 6. The number of benzene rings is 1. The van der Waals surface area contributed by atoms with Crippen LogP contribution in [-0.2, 0) is 4.74 Å². The number of amides is 1. The molecule has 0 aliphatic carbocycles. The van der Waals surface area contributed by atoms with Gasteiger partial charge in [-0.1, -0.05) is 19.9 Å². The zero-order valence-corrected chi connectivity index (χ0v) is 18.4. The maximum absolute atomic E-state index is 13.4. The summed E-state index contributed by atoms with van der Waals surface area (Å²) in [6.07, 6.45) is 4.62. The fraction of sp³-hybridized carbons (Fsp3) is 0.348. The third-order valence-corrected chi connectivity index (χ3v) is 5.47. The lowest BCUT2D eigenvalue weighted by Gasteiger charge is -2.23. The van der Waals surface area contributed by atoms with E-state index in [9.17, 15) is 9.18 Å². The average molecular weight is 436 g/mol. The van der Waals surface area contributed by atoms with E-state index >= 15 is 0 Å². The number of anilines is 2. The molecule has 8 nitrogen and oxygen atoms in total. The van der Waals surface area contributed by atoms with E-state index in [0.29, 0.717) is 24.2 Å². The lowest BCUT2D eigenvalue weighted by atomic mass is 10.0. The van der Waals surface area contributed by atoms with E-state index in [-0.39, 0.29) is 23.8 Å². The molecule has 0 saturated carbocycles. The predicted octanol–water partition coefficient (Wildman–Crippen LogP) is 4.54. The molecule has 32 heavy (non-hydrogen) atoms. The zero-order valence-electron chi connectivity index (χ0n) is 18.4. The fourth-order valence-corrected chi connectivity index (χ4v) is 3.65. The summed E-state index contributed by atoms with van der Waals surface area (Å²) in [7, 11) is 0. The summed E-state index contributed by atoms with van der Waals surface area (Å²) in [6, 6.07) is 5.96. The lowest BCUT2D eigenvalue weighted by Crippen LogP contribution is -2.37. The van der Waals surface area contributed by atoms with Crippen molar-refractivity contribution in [1.82, 2.24) is 19.9 Å². The molecule has 0 unspecified atom stereocenters. The highest BCUT2D eigenvalue weighted by molar-refractivity contribution is 5.89. The molecule has 2 aromatic heterocycles. The maximum atomic E-state index is 13.4. The molecule has 1 fully saturated rings. The largest absolute Gasteiger partial charge is 0.447 e. The van der Waals surface area contributed by atoms with Crippen molar-refractivity contribution in [3.8, 4) is 11.1 Å². The first-order valence-electron chi connectivity index (χ1n) is 10.5. The fourth-order valence-electron chi connectivity index (χ4n) is 3.65. The third-order valence-electron chi connectivity index (χ3n) is 5.47. The van der Waals surface area contributed by atoms with Gasteiger partial charge in [-0.05, 0) is 49.1 Å². The maximum Gasteiger partial charge on any atom is 0.415 e.